The van der Waals surface area contributed by atoms with Crippen molar-refractivity contribution in [3.63, 3.8) is 0 Å². The van der Waals surface area contributed by atoms with Gasteiger partial charge in [-0.1, -0.05) is 19.1 Å². The molecule has 2 aromatic rings. The number of aryl methyl sites for hydroxylation is 1. The molecule has 0 radical (unpaired) electrons. The molecule has 1 aromatic carbocycles. The largest absolute Gasteiger partial charge is 0.393 e. The van der Waals surface area contributed by atoms with E-state index in [1.807, 2.05) is 0 Å². The first kappa shape index (κ1) is 19.8. The summed E-state index contributed by atoms with van der Waals surface area (Å²) in [7, 11) is 0. The summed E-state index contributed by atoms with van der Waals surface area (Å²) in [5.74, 6) is 1.83. The van der Waals surface area contributed by atoms with E-state index in [9.17, 15) is 0 Å². The van der Waals surface area contributed by atoms with Crippen molar-refractivity contribution < 1.29 is 0 Å². The van der Waals surface area contributed by atoms with Crippen LogP contribution in [0.1, 0.15) is 43.7 Å². The Balaban J connectivity index is 1.51. The molecule has 29 heavy (non-hydrogen) atoms. The maximum Gasteiger partial charge on any atom is 0.157 e. The number of nitrogen functional groups attached to an aromatic ring is 1. The van der Waals surface area contributed by atoms with E-state index in [1.165, 1.54) is 36.1 Å². The van der Waals surface area contributed by atoms with Crippen molar-refractivity contribution in [1.82, 2.24) is 9.97 Å². The van der Waals surface area contributed by atoms with Crippen LogP contribution in [0.3, 0.4) is 0 Å². The second-order valence-corrected chi connectivity index (χ2v) is 8.38. The van der Waals surface area contributed by atoms with Gasteiger partial charge in [-0.25, -0.2) is 9.97 Å². The van der Waals surface area contributed by atoms with E-state index in [0.29, 0.717) is 6.04 Å². The molecular weight excluding hydrogens is 360 g/mol. The molecular formula is C23H34N6. The predicted molar refractivity (Wildman–Crippen MR) is 122 cm³/mol. The zero-order chi connectivity index (χ0) is 20.4. The van der Waals surface area contributed by atoms with Gasteiger partial charge in [0.15, 0.2) is 11.6 Å². The molecule has 2 aliphatic heterocycles. The smallest absolute Gasteiger partial charge is 0.157 e. The summed E-state index contributed by atoms with van der Waals surface area (Å²) in [5, 5.41) is 0. The number of aromatic nitrogens is 2. The Labute approximate surface area is 174 Å². The summed E-state index contributed by atoms with van der Waals surface area (Å²) in [6.45, 7) is 11.5. The van der Waals surface area contributed by atoms with Crippen molar-refractivity contribution in [2.75, 3.05) is 53.2 Å². The molecule has 4 rings (SSSR count). The summed E-state index contributed by atoms with van der Waals surface area (Å²) in [5.41, 5.74) is 11.4. The SMILES string of the molecule is CCC1CCCCN1c1ncnc(N2CCN(c3cccc(C)c3C)CC2)c1N. The van der Waals surface area contributed by atoms with Gasteiger partial charge in [0.05, 0.1) is 0 Å². The fourth-order valence-corrected chi connectivity index (χ4v) is 4.80. The molecule has 2 aliphatic rings. The lowest BCUT2D eigenvalue weighted by atomic mass is 10.00. The minimum absolute atomic E-state index is 0.537. The second kappa shape index (κ2) is 8.47. The normalized spacial score (nSPS) is 20.2. The average Bonchev–Trinajstić information content (AvgIpc) is 2.76. The van der Waals surface area contributed by atoms with Crippen molar-refractivity contribution in [2.45, 2.75) is 52.5 Å². The number of hydrogen-bond acceptors (Lipinski definition) is 6. The first-order chi connectivity index (χ1) is 14.1. The van der Waals surface area contributed by atoms with Crippen LogP contribution in [0.15, 0.2) is 24.5 Å². The molecule has 0 saturated carbocycles. The van der Waals surface area contributed by atoms with Crippen LogP contribution in [0.2, 0.25) is 0 Å². The first-order valence-corrected chi connectivity index (χ1v) is 11.0. The molecule has 6 heteroatoms. The van der Waals surface area contributed by atoms with Gasteiger partial charge in [-0.3, -0.25) is 0 Å². The number of piperazine rings is 1. The molecule has 2 fully saturated rings. The Morgan fingerprint density at radius 1 is 0.966 bits per heavy atom. The van der Waals surface area contributed by atoms with E-state index >= 15 is 0 Å². The minimum Gasteiger partial charge on any atom is -0.393 e. The van der Waals surface area contributed by atoms with Crippen LogP contribution in [0, 0.1) is 13.8 Å². The topological polar surface area (TPSA) is 61.5 Å². The van der Waals surface area contributed by atoms with Gasteiger partial charge in [-0.15, -0.1) is 0 Å². The Morgan fingerprint density at radius 3 is 2.45 bits per heavy atom. The highest BCUT2D eigenvalue weighted by Gasteiger charge is 2.27. The summed E-state index contributed by atoms with van der Waals surface area (Å²) in [6.07, 6.45) is 6.56. The summed E-state index contributed by atoms with van der Waals surface area (Å²) in [4.78, 5) is 16.4. The number of anilines is 4. The van der Waals surface area contributed by atoms with E-state index in [1.54, 1.807) is 6.33 Å². The number of piperidine rings is 1. The van der Waals surface area contributed by atoms with Crippen molar-refractivity contribution in [1.29, 1.82) is 0 Å². The molecule has 6 nitrogen and oxygen atoms in total. The molecule has 0 bridgehead atoms. The molecule has 1 aromatic heterocycles. The van der Waals surface area contributed by atoms with Crippen LogP contribution >= 0.6 is 0 Å². The molecule has 3 heterocycles. The number of rotatable bonds is 4. The molecule has 156 valence electrons. The highest BCUT2D eigenvalue weighted by molar-refractivity contribution is 5.76. The number of hydrogen-bond donors (Lipinski definition) is 1. The van der Waals surface area contributed by atoms with Crippen LogP contribution in [-0.4, -0.2) is 48.7 Å². The maximum absolute atomic E-state index is 6.63. The first-order valence-electron chi connectivity index (χ1n) is 11.0. The number of benzene rings is 1. The molecule has 0 amide bonds. The van der Waals surface area contributed by atoms with Crippen LogP contribution in [0.5, 0.6) is 0 Å². The summed E-state index contributed by atoms with van der Waals surface area (Å²) < 4.78 is 0. The van der Waals surface area contributed by atoms with Crippen molar-refractivity contribution in [3.8, 4) is 0 Å². The van der Waals surface area contributed by atoms with Crippen LogP contribution in [0.25, 0.3) is 0 Å². The van der Waals surface area contributed by atoms with E-state index in [4.69, 9.17) is 5.73 Å². The zero-order valence-electron chi connectivity index (χ0n) is 18.1. The van der Waals surface area contributed by atoms with E-state index < -0.39 is 0 Å². The second-order valence-electron chi connectivity index (χ2n) is 8.38. The van der Waals surface area contributed by atoms with E-state index in [2.05, 4.69) is 63.6 Å². The fraction of sp³-hybridized carbons (Fsp3) is 0.565. The number of nitrogens with two attached hydrogens (primary N) is 1. The number of nitrogens with zero attached hydrogens (tertiary/aromatic N) is 5. The van der Waals surface area contributed by atoms with Gasteiger partial charge in [0.25, 0.3) is 0 Å². The molecule has 2 saturated heterocycles. The fourth-order valence-electron chi connectivity index (χ4n) is 4.80. The monoisotopic (exact) mass is 394 g/mol. The lowest BCUT2D eigenvalue weighted by molar-refractivity contribution is 0.447. The van der Waals surface area contributed by atoms with Gasteiger partial charge in [0.1, 0.15) is 12.0 Å². The third-order valence-corrected chi connectivity index (χ3v) is 6.71. The van der Waals surface area contributed by atoms with Gasteiger partial charge in [0, 0.05) is 44.5 Å². The highest BCUT2D eigenvalue weighted by Crippen LogP contribution is 2.34. The van der Waals surface area contributed by atoms with Gasteiger partial charge in [0.2, 0.25) is 0 Å². The molecule has 1 atom stereocenters. The summed E-state index contributed by atoms with van der Waals surface area (Å²) in [6, 6.07) is 7.11. The minimum atomic E-state index is 0.537. The Hall–Kier alpha value is -2.50. The quantitative estimate of drug-likeness (QED) is 0.852. The molecule has 2 N–H and O–H groups in total. The van der Waals surface area contributed by atoms with Crippen LogP contribution < -0.4 is 20.4 Å². The van der Waals surface area contributed by atoms with Gasteiger partial charge in [-0.05, 0) is 56.7 Å². The maximum atomic E-state index is 6.63. The lowest BCUT2D eigenvalue weighted by Gasteiger charge is -2.39. The molecule has 1 unspecified atom stereocenters. The van der Waals surface area contributed by atoms with Crippen molar-refractivity contribution in [3.05, 3.63) is 35.7 Å². The predicted octanol–water partition coefficient (Wildman–Crippen LogP) is 3.77. The Bertz CT molecular complexity index is 843. The highest BCUT2D eigenvalue weighted by atomic mass is 15.3. The lowest BCUT2D eigenvalue weighted by Crippen LogP contribution is -2.47. The van der Waals surface area contributed by atoms with Gasteiger partial charge < -0.3 is 20.4 Å². The Morgan fingerprint density at radius 2 is 1.69 bits per heavy atom. The van der Waals surface area contributed by atoms with Crippen molar-refractivity contribution >= 4 is 23.0 Å². The molecule has 0 spiro atoms. The van der Waals surface area contributed by atoms with Crippen LogP contribution in [-0.2, 0) is 0 Å². The summed E-state index contributed by atoms with van der Waals surface area (Å²) >= 11 is 0. The van der Waals surface area contributed by atoms with Gasteiger partial charge in [-0.2, -0.15) is 0 Å². The van der Waals surface area contributed by atoms with E-state index in [0.717, 1.165) is 56.5 Å². The van der Waals surface area contributed by atoms with Crippen molar-refractivity contribution in [2.24, 2.45) is 0 Å². The standard InChI is InChI=1S/C23H34N6/c1-4-19-9-5-6-11-29(19)23-21(24)22(25-16-26-23)28-14-12-27(13-15-28)20-10-7-8-17(2)18(20)3/h7-8,10,16,19H,4-6,9,11-15,24H2,1-3H3. The third kappa shape index (κ3) is 3.85. The van der Waals surface area contributed by atoms with Crippen LogP contribution in [0.4, 0.5) is 23.0 Å². The molecule has 0 aliphatic carbocycles. The Kier molecular flexibility index (Phi) is 5.79. The average molecular weight is 395 g/mol. The third-order valence-electron chi connectivity index (χ3n) is 6.71. The van der Waals surface area contributed by atoms with E-state index in [-0.39, 0.29) is 0 Å². The zero-order valence-corrected chi connectivity index (χ0v) is 18.1. The van der Waals surface area contributed by atoms with Gasteiger partial charge >= 0.3 is 0 Å².